The number of hydrogen-bond acceptors (Lipinski definition) is 2. The molecule has 0 bridgehead atoms. The van der Waals surface area contributed by atoms with Gasteiger partial charge >= 0.3 is 6.18 Å². The molecule has 15 heavy (non-hydrogen) atoms. The van der Waals surface area contributed by atoms with Gasteiger partial charge in [0.2, 0.25) is 0 Å². The first kappa shape index (κ1) is 12.1. The molecule has 0 unspecified atom stereocenters. The van der Waals surface area contributed by atoms with Gasteiger partial charge in [-0.2, -0.15) is 13.2 Å². The Morgan fingerprint density at radius 3 is 2.40 bits per heavy atom. The molecular weight excluding hydrogens is 233 g/mol. The highest BCUT2D eigenvalue weighted by molar-refractivity contribution is 6.31. The molecule has 2 nitrogen and oxygen atoms in total. The van der Waals surface area contributed by atoms with E-state index in [9.17, 15) is 13.2 Å². The lowest BCUT2D eigenvalue weighted by molar-refractivity contribution is -0.206. The molecule has 0 saturated carbocycles. The Morgan fingerprint density at radius 1 is 1.40 bits per heavy atom. The molecule has 1 rings (SSSR count). The predicted octanol–water partition coefficient (Wildman–Crippen LogP) is 2.94. The minimum atomic E-state index is -4.72. The van der Waals surface area contributed by atoms with Gasteiger partial charge in [0.25, 0.3) is 0 Å². The summed E-state index contributed by atoms with van der Waals surface area (Å²) in [6, 6.07) is 3.60. The fourth-order valence-corrected chi connectivity index (χ4v) is 1.31. The maximum absolute atomic E-state index is 12.2. The van der Waals surface area contributed by atoms with Crippen molar-refractivity contribution >= 4 is 11.6 Å². The number of aliphatic hydroxyl groups is 1. The van der Waals surface area contributed by atoms with E-state index in [-0.39, 0.29) is 10.6 Å². The van der Waals surface area contributed by atoms with Crippen LogP contribution in [0, 0.1) is 0 Å². The van der Waals surface area contributed by atoms with Gasteiger partial charge in [0.1, 0.15) is 5.75 Å². The van der Waals surface area contributed by atoms with Crippen molar-refractivity contribution in [3.8, 4) is 5.75 Å². The van der Waals surface area contributed by atoms with Crippen LogP contribution in [0.1, 0.15) is 11.7 Å². The summed E-state index contributed by atoms with van der Waals surface area (Å²) in [6.45, 7) is 0. The van der Waals surface area contributed by atoms with Gasteiger partial charge < -0.3 is 9.84 Å². The third-order valence-electron chi connectivity index (χ3n) is 1.81. The summed E-state index contributed by atoms with van der Waals surface area (Å²) in [4.78, 5) is 0. The van der Waals surface area contributed by atoms with Gasteiger partial charge in [-0.3, -0.25) is 0 Å². The lowest BCUT2D eigenvalue weighted by Gasteiger charge is -2.16. The van der Waals surface area contributed by atoms with Crippen LogP contribution in [-0.4, -0.2) is 18.4 Å². The van der Waals surface area contributed by atoms with E-state index in [1.807, 2.05) is 0 Å². The Balaban J connectivity index is 3.06. The normalized spacial score (nSPS) is 13.7. The van der Waals surface area contributed by atoms with Gasteiger partial charge in [-0.25, -0.2) is 0 Å². The molecule has 0 radical (unpaired) electrons. The summed E-state index contributed by atoms with van der Waals surface area (Å²) in [5, 5.41) is 8.77. The molecule has 0 heterocycles. The Bertz CT molecular complexity index is 352. The van der Waals surface area contributed by atoms with Crippen molar-refractivity contribution in [2.45, 2.75) is 12.3 Å². The highest BCUT2D eigenvalue weighted by atomic mass is 35.5. The van der Waals surface area contributed by atoms with Crippen LogP contribution >= 0.6 is 11.6 Å². The molecule has 0 fully saturated rings. The van der Waals surface area contributed by atoms with Crippen molar-refractivity contribution in [3.63, 3.8) is 0 Å². The van der Waals surface area contributed by atoms with Gasteiger partial charge in [-0.15, -0.1) is 0 Å². The fraction of sp³-hybridized carbons (Fsp3) is 0.333. The van der Waals surface area contributed by atoms with Crippen LogP contribution in [0.2, 0.25) is 5.02 Å². The quantitative estimate of drug-likeness (QED) is 0.861. The summed E-state index contributed by atoms with van der Waals surface area (Å²) in [6.07, 6.45) is -7.30. The van der Waals surface area contributed by atoms with Gasteiger partial charge in [0.15, 0.2) is 6.10 Å². The number of hydrogen-bond donors (Lipinski definition) is 1. The third kappa shape index (κ3) is 2.76. The monoisotopic (exact) mass is 240 g/mol. The number of aliphatic hydroxyl groups excluding tert-OH is 1. The predicted molar refractivity (Wildman–Crippen MR) is 49.0 cm³/mol. The summed E-state index contributed by atoms with van der Waals surface area (Å²) in [7, 11) is 1.37. The highest BCUT2D eigenvalue weighted by Gasteiger charge is 2.40. The molecule has 1 atom stereocenters. The highest BCUT2D eigenvalue weighted by Crippen LogP contribution is 2.37. The zero-order valence-electron chi connectivity index (χ0n) is 7.68. The van der Waals surface area contributed by atoms with Crippen molar-refractivity contribution < 1.29 is 23.0 Å². The Hall–Kier alpha value is -0.940. The van der Waals surface area contributed by atoms with Crippen LogP contribution in [0.25, 0.3) is 0 Å². The molecule has 0 amide bonds. The van der Waals surface area contributed by atoms with Crippen molar-refractivity contribution in [1.82, 2.24) is 0 Å². The standard InChI is InChI=1S/C9H8ClF3O2/c1-15-5-2-3-6(7(10)4-5)8(14)9(11,12)13/h2-4,8,14H,1H3/t8-/m0/s1. The molecule has 0 aliphatic carbocycles. The topological polar surface area (TPSA) is 29.5 Å². The molecule has 0 aromatic heterocycles. The smallest absolute Gasteiger partial charge is 0.418 e. The van der Waals surface area contributed by atoms with E-state index in [1.54, 1.807) is 0 Å². The number of rotatable bonds is 2. The maximum atomic E-state index is 12.2. The molecule has 6 heteroatoms. The van der Waals surface area contributed by atoms with E-state index in [2.05, 4.69) is 0 Å². The minimum absolute atomic E-state index is 0.181. The lowest BCUT2D eigenvalue weighted by atomic mass is 10.1. The van der Waals surface area contributed by atoms with E-state index >= 15 is 0 Å². The van der Waals surface area contributed by atoms with Crippen LogP contribution in [0.15, 0.2) is 18.2 Å². The molecular formula is C9H8ClF3O2. The van der Waals surface area contributed by atoms with Gasteiger partial charge in [-0.1, -0.05) is 17.7 Å². The van der Waals surface area contributed by atoms with Crippen LogP contribution in [0.3, 0.4) is 0 Å². The average Bonchev–Trinajstić information content (AvgIpc) is 2.15. The van der Waals surface area contributed by atoms with Gasteiger partial charge in [0, 0.05) is 5.56 Å². The SMILES string of the molecule is COc1ccc([C@H](O)C(F)(F)F)c(Cl)c1. The average molecular weight is 241 g/mol. The number of ether oxygens (including phenoxy) is 1. The van der Waals surface area contributed by atoms with E-state index < -0.39 is 12.3 Å². The molecule has 0 saturated heterocycles. The molecule has 0 aliphatic rings. The molecule has 1 aromatic rings. The van der Waals surface area contributed by atoms with Crippen molar-refractivity contribution in [1.29, 1.82) is 0 Å². The molecule has 1 N–H and O–H groups in total. The minimum Gasteiger partial charge on any atom is -0.497 e. The van der Waals surface area contributed by atoms with Gasteiger partial charge in [0.05, 0.1) is 12.1 Å². The second kappa shape index (κ2) is 4.28. The van der Waals surface area contributed by atoms with Crippen LogP contribution in [0.4, 0.5) is 13.2 Å². The van der Waals surface area contributed by atoms with Gasteiger partial charge in [-0.05, 0) is 12.1 Å². The Kier molecular flexibility index (Phi) is 3.46. The number of halogens is 4. The van der Waals surface area contributed by atoms with Crippen molar-refractivity contribution in [3.05, 3.63) is 28.8 Å². The first-order valence-electron chi connectivity index (χ1n) is 3.94. The van der Waals surface area contributed by atoms with E-state index in [0.717, 1.165) is 6.07 Å². The Morgan fingerprint density at radius 2 is 2.00 bits per heavy atom. The second-order valence-corrected chi connectivity index (χ2v) is 3.24. The zero-order chi connectivity index (χ0) is 11.6. The Labute approximate surface area is 89.2 Å². The molecule has 1 aromatic carbocycles. The summed E-state index contributed by atoms with van der Waals surface area (Å²) >= 11 is 5.57. The van der Waals surface area contributed by atoms with Crippen molar-refractivity contribution in [2.75, 3.05) is 7.11 Å². The van der Waals surface area contributed by atoms with E-state index in [0.29, 0.717) is 5.75 Å². The summed E-state index contributed by atoms with van der Waals surface area (Å²) in [5.74, 6) is 0.332. The summed E-state index contributed by atoms with van der Waals surface area (Å²) < 4.78 is 41.2. The number of methoxy groups -OCH3 is 1. The number of alkyl halides is 3. The largest absolute Gasteiger partial charge is 0.497 e. The second-order valence-electron chi connectivity index (χ2n) is 2.83. The zero-order valence-corrected chi connectivity index (χ0v) is 8.43. The van der Waals surface area contributed by atoms with Crippen LogP contribution in [-0.2, 0) is 0 Å². The first-order chi connectivity index (χ1) is 6.86. The van der Waals surface area contributed by atoms with Crippen molar-refractivity contribution in [2.24, 2.45) is 0 Å². The molecule has 0 aliphatic heterocycles. The van der Waals surface area contributed by atoms with E-state index in [4.69, 9.17) is 21.4 Å². The fourth-order valence-electron chi connectivity index (χ4n) is 1.03. The third-order valence-corrected chi connectivity index (χ3v) is 2.14. The van der Waals surface area contributed by atoms with Crippen LogP contribution < -0.4 is 4.74 Å². The molecule has 84 valence electrons. The number of benzene rings is 1. The molecule has 0 spiro atoms. The van der Waals surface area contributed by atoms with Crippen LogP contribution in [0.5, 0.6) is 5.75 Å². The summed E-state index contributed by atoms with van der Waals surface area (Å²) in [5.41, 5.74) is -0.384. The first-order valence-corrected chi connectivity index (χ1v) is 4.32. The maximum Gasteiger partial charge on any atom is 0.418 e. The van der Waals surface area contributed by atoms with E-state index in [1.165, 1.54) is 19.2 Å². The lowest BCUT2D eigenvalue weighted by Crippen LogP contribution is -2.20.